The molecule has 2 N–H and O–H groups in total. The molecule has 1 aliphatic heterocycles. The second kappa shape index (κ2) is 9.86. The van der Waals surface area contributed by atoms with Gasteiger partial charge in [0.15, 0.2) is 0 Å². The summed E-state index contributed by atoms with van der Waals surface area (Å²) in [6.07, 6.45) is 1.61. The van der Waals surface area contributed by atoms with Crippen molar-refractivity contribution in [3.05, 3.63) is 59.9 Å². The lowest BCUT2D eigenvalue weighted by atomic mass is 10.1. The first-order chi connectivity index (χ1) is 14.7. The monoisotopic (exact) mass is 469 g/mol. The number of halogens is 1. The first-order valence-electron chi connectivity index (χ1n) is 9.79. The average molecular weight is 470 g/mol. The summed E-state index contributed by atoms with van der Waals surface area (Å²) < 4.78 is 66.7. The Kier molecular flexibility index (Phi) is 7.42. The Morgan fingerprint density at radius 1 is 0.935 bits per heavy atom. The summed E-state index contributed by atoms with van der Waals surface area (Å²) in [6, 6.07) is 10.7. The molecule has 1 saturated heterocycles. The van der Waals surface area contributed by atoms with Crippen molar-refractivity contribution in [3.63, 3.8) is 0 Å². The maximum absolute atomic E-state index is 13.1. The predicted molar refractivity (Wildman–Crippen MR) is 113 cm³/mol. The zero-order chi connectivity index (χ0) is 22.5. The molecule has 0 aromatic heterocycles. The smallest absolute Gasteiger partial charge is 0.243 e. The van der Waals surface area contributed by atoms with Crippen molar-refractivity contribution < 1.29 is 26.0 Å². The number of nitrogens with one attached hydrogen (secondary N) is 2. The largest absolute Gasteiger partial charge is 0.355 e. The molecule has 11 heteroatoms. The van der Waals surface area contributed by atoms with Gasteiger partial charge in [-0.1, -0.05) is 12.1 Å². The van der Waals surface area contributed by atoms with Crippen molar-refractivity contribution in [1.29, 1.82) is 0 Å². The molecule has 0 aliphatic carbocycles. The molecule has 1 heterocycles. The summed E-state index contributed by atoms with van der Waals surface area (Å²) in [7, 11) is -7.48. The van der Waals surface area contributed by atoms with Crippen molar-refractivity contribution in [1.82, 2.24) is 14.3 Å². The molecule has 168 valence electrons. The fourth-order valence-electron chi connectivity index (χ4n) is 3.23. The first-order valence-corrected chi connectivity index (χ1v) is 12.7. The highest BCUT2D eigenvalue weighted by Gasteiger charge is 2.27. The quantitative estimate of drug-likeness (QED) is 0.537. The molecule has 2 aromatic carbocycles. The Hall–Kier alpha value is -2.34. The number of carbonyl (C=O) groups is 1. The van der Waals surface area contributed by atoms with Crippen LogP contribution < -0.4 is 10.0 Å². The number of sulfonamides is 2. The number of hydrogen-bond donors (Lipinski definition) is 2. The Bertz CT molecular complexity index is 1130. The van der Waals surface area contributed by atoms with Gasteiger partial charge in [0.05, 0.1) is 16.2 Å². The van der Waals surface area contributed by atoms with Gasteiger partial charge in [0.1, 0.15) is 5.82 Å². The molecule has 0 radical (unpaired) electrons. The van der Waals surface area contributed by atoms with E-state index in [1.165, 1.54) is 46.8 Å². The minimum absolute atomic E-state index is 0.0164. The number of benzene rings is 2. The van der Waals surface area contributed by atoms with Crippen molar-refractivity contribution in [2.45, 2.75) is 29.1 Å². The molecule has 1 amide bonds. The third-order valence-corrected chi connectivity index (χ3v) is 8.22. The lowest BCUT2D eigenvalue weighted by Gasteiger charge is -2.15. The normalized spacial score (nSPS) is 15.1. The zero-order valence-corrected chi connectivity index (χ0v) is 18.4. The molecule has 1 aliphatic rings. The lowest BCUT2D eigenvalue weighted by Crippen LogP contribution is -2.35. The van der Waals surface area contributed by atoms with Crippen LogP contribution >= 0.6 is 0 Å². The topological polar surface area (TPSA) is 113 Å². The van der Waals surface area contributed by atoms with E-state index in [1.807, 2.05) is 0 Å². The number of amides is 1. The van der Waals surface area contributed by atoms with Gasteiger partial charge in [-0.25, -0.2) is 25.9 Å². The Morgan fingerprint density at radius 3 is 2.23 bits per heavy atom. The van der Waals surface area contributed by atoms with Gasteiger partial charge in [0.2, 0.25) is 26.0 Å². The van der Waals surface area contributed by atoms with E-state index < -0.39 is 25.9 Å². The molecule has 31 heavy (non-hydrogen) atoms. The summed E-state index contributed by atoms with van der Waals surface area (Å²) in [5.41, 5.74) is 0.516. The van der Waals surface area contributed by atoms with Gasteiger partial charge in [-0.3, -0.25) is 4.79 Å². The van der Waals surface area contributed by atoms with Gasteiger partial charge in [-0.05, 0) is 54.8 Å². The highest BCUT2D eigenvalue weighted by molar-refractivity contribution is 7.89. The third kappa shape index (κ3) is 6.10. The maximum Gasteiger partial charge on any atom is 0.243 e. The molecule has 3 rings (SSSR count). The van der Waals surface area contributed by atoms with Crippen LogP contribution in [0.25, 0.3) is 0 Å². The van der Waals surface area contributed by atoms with Crippen LogP contribution in [-0.4, -0.2) is 53.2 Å². The highest BCUT2D eigenvalue weighted by atomic mass is 32.2. The molecule has 8 nitrogen and oxygen atoms in total. The molecule has 0 unspecified atom stereocenters. The lowest BCUT2D eigenvalue weighted by molar-refractivity contribution is -0.120. The van der Waals surface area contributed by atoms with Crippen LogP contribution in [0.5, 0.6) is 0 Å². The van der Waals surface area contributed by atoms with E-state index in [4.69, 9.17) is 0 Å². The average Bonchev–Trinajstić information content (AvgIpc) is 3.27. The molecule has 0 saturated carbocycles. The molecular formula is C20H24FN3O5S2. The zero-order valence-electron chi connectivity index (χ0n) is 16.8. The molecule has 1 fully saturated rings. The number of hydrogen-bond acceptors (Lipinski definition) is 5. The van der Waals surface area contributed by atoms with Gasteiger partial charge in [-0.15, -0.1) is 0 Å². The van der Waals surface area contributed by atoms with Crippen LogP contribution in [0, 0.1) is 5.82 Å². The molecule has 0 bridgehead atoms. The van der Waals surface area contributed by atoms with Gasteiger partial charge < -0.3 is 5.32 Å². The minimum atomic E-state index is -3.86. The van der Waals surface area contributed by atoms with E-state index in [0.29, 0.717) is 18.7 Å². The van der Waals surface area contributed by atoms with Crippen LogP contribution in [-0.2, 0) is 31.3 Å². The van der Waals surface area contributed by atoms with Crippen molar-refractivity contribution in [3.8, 4) is 0 Å². The van der Waals surface area contributed by atoms with Crippen LogP contribution in [0.3, 0.4) is 0 Å². The second-order valence-corrected chi connectivity index (χ2v) is 10.8. The predicted octanol–water partition coefficient (Wildman–Crippen LogP) is 1.25. The summed E-state index contributed by atoms with van der Waals surface area (Å²) >= 11 is 0. The van der Waals surface area contributed by atoms with E-state index >= 15 is 0 Å². The van der Waals surface area contributed by atoms with Crippen LogP contribution in [0.2, 0.25) is 0 Å². The molecule has 2 aromatic rings. The number of carbonyl (C=O) groups excluding carboxylic acids is 1. The van der Waals surface area contributed by atoms with Crippen molar-refractivity contribution in [2.75, 3.05) is 26.2 Å². The van der Waals surface area contributed by atoms with E-state index in [1.54, 1.807) is 6.07 Å². The second-order valence-electron chi connectivity index (χ2n) is 7.14. The van der Waals surface area contributed by atoms with Gasteiger partial charge in [0.25, 0.3) is 0 Å². The summed E-state index contributed by atoms with van der Waals surface area (Å²) in [5.74, 6) is -0.793. The summed E-state index contributed by atoms with van der Waals surface area (Å²) in [5, 5.41) is 2.56. The Labute approximate surface area is 181 Å². The Morgan fingerprint density at radius 2 is 1.58 bits per heavy atom. The van der Waals surface area contributed by atoms with Gasteiger partial charge >= 0.3 is 0 Å². The third-order valence-electron chi connectivity index (χ3n) is 4.83. The SMILES string of the molecule is O=C(Cc1cccc(F)c1)NCCNS(=O)(=O)c1ccc(S(=O)(=O)N2CCCC2)cc1. The first kappa shape index (κ1) is 23.3. The van der Waals surface area contributed by atoms with Crippen LogP contribution in [0.15, 0.2) is 58.3 Å². The molecular weight excluding hydrogens is 445 g/mol. The van der Waals surface area contributed by atoms with E-state index in [-0.39, 0.29) is 35.2 Å². The molecule has 0 spiro atoms. The minimum Gasteiger partial charge on any atom is -0.355 e. The van der Waals surface area contributed by atoms with Gasteiger partial charge in [0, 0.05) is 26.2 Å². The van der Waals surface area contributed by atoms with E-state index in [2.05, 4.69) is 10.0 Å². The maximum atomic E-state index is 13.1. The Balaban J connectivity index is 1.50. The van der Waals surface area contributed by atoms with Gasteiger partial charge in [-0.2, -0.15) is 4.31 Å². The molecule has 0 atom stereocenters. The standard InChI is InChI=1S/C20H24FN3O5S2/c21-17-5-3-4-16(14-17)15-20(25)22-10-11-23-30(26,27)18-6-8-19(9-7-18)31(28,29)24-12-1-2-13-24/h3-9,14,23H,1-2,10-13,15H2,(H,22,25). The summed E-state index contributed by atoms with van der Waals surface area (Å²) in [4.78, 5) is 11.9. The fraction of sp³-hybridized carbons (Fsp3) is 0.350. The highest BCUT2D eigenvalue weighted by Crippen LogP contribution is 2.22. The van der Waals surface area contributed by atoms with Crippen molar-refractivity contribution >= 4 is 26.0 Å². The van der Waals surface area contributed by atoms with E-state index in [9.17, 15) is 26.0 Å². The van der Waals surface area contributed by atoms with E-state index in [0.717, 1.165) is 12.8 Å². The number of rotatable bonds is 9. The van der Waals surface area contributed by atoms with Crippen LogP contribution in [0.1, 0.15) is 18.4 Å². The summed E-state index contributed by atoms with van der Waals surface area (Å²) in [6.45, 7) is 0.934. The fourth-order valence-corrected chi connectivity index (χ4v) is 5.78. The van der Waals surface area contributed by atoms with Crippen molar-refractivity contribution in [2.24, 2.45) is 0 Å². The van der Waals surface area contributed by atoms with Crippen LogP contribution in [0.4, 0.5) is 4.39 Å². The number of nitrogens with zero attached hydrogens (tertiary/aromatic N) is 1.